The van der Waals surface area contributed by atoms with E-state index >= 15 is 0 Å². The van der Waals surface area contributed by atoms with Crippen LogP contribution in [0.3, 0.4) is 0 Å². The van der Waals surface area contributed by atoms with Crippen LogP contribution in [0, 0.1) is 39.9 Å². The van der Waals surface area contributed by atoms with Gasteiger partial charge in [-0.15, -0.1) is 0 Å². The van der Waals surface area contributed by atoms with Gasteiger partial charge in [-0.25, -0.2) is 0 Å². The van der Waals surface area contributed by atoms with Crippen LogP contribution in [-0.2, 0) is 0 Å². The quantitative estimate of drug-likeness (QED) is 0.716. The van der Waals surface area contributed by atoms with Crippen LogP contribution in [0.4, 0.5) is 0 Å². The highest BCUT2D eigenvalue weighted by Crippen LogP contribution is 2.74. The number of quaternary nitrogens is 1. The molecule has 24 heavy (non-hydrogen) atoms. The first-order valence-electron chi connectivity index (χ1n) is 10.6. The Labute approximate surface area is 146 Å². The van der Waals surface area contributed by atoms with Crippen LogP contribution in [0.25, 0.3) is 0 Å². The fourth-order valence-corrected chi connectivity index (χ4v) is 9.30. The first-order chi connectivity index (χ1) is 11.5. The summed E-state index contributed by atoms with van der Waals surface area (Å²) in [5.74, 6) is 2.93. The number of fused-ring (bicyclic) bond motifs is 1. The first kappa shape index (κ1) is 16.1. The van der Waals surface area contributed by atoms with E-state index in [4.69, 9.17) is 0 Å². The zero-order chi connectivity index (χ0) is 16.7. The molecule has 4 bridgehead atoms. The normalized spacial score (nSPS) is 61.5. The number of hydrogen-bond acceptors (Lipinski definition) is 2. The third-order valence-corrected chi connectivity index (χ3v) is 9.92. The van der Waals surface area contributed by atoms with Gasteiger partial charge >= 0.3 is 0 Å². The van der Waals surface area contributed by atoms with Gasteiger partial charge in [-0.05, 0) is 62.2 Å². The summed E-state index contributed by atoms with van der Waals surface area (Å²) >= 11 is 0. The molecule has 1 saturated heterocycles. The molecule has 1 heterocycles. The molecule has 9 atom stereocenters. The Bertz CT molecular complexity index is 538. The molecule has 0 aromatic carbocycles. The van der Waals surface area contributed by atoms with Gasteiger partial charge in [0.05, 0.1) is 25.8 Å². The topological polar surface area (TPSA) is 44.9 Å². The smallest absolute Gasteiger partial charge is 0.101 e. The minimum Gasteiger partial charge on any atom is -0.392 e. The second-order valence-corrected chi connectivity index (χ2v) is 10.7. The number of aliphatic hydroxyl groups is 2. The van der Waals surface area contributed by atoms with Crippen LogP contribution in [-0.4, -0.2) is 42.6 Å². The number of likely N-dealkylation sites (tertiary alicyclic amines) is 1. The zero-order valence-corrected chi connectivity index (χ0v) is 15.6. The highest BCUT2D eigenvalue weighted by molar-refractivity contribution is 5.20. The Hall–Kier alpha value is -0.120. The van der Waals surface area contributed by atoms with Crippen molar-refractivity contribution in [2.24, 2.45) is 39.9 Å². The van der Waals surface area contributed by atoms with Crippen molar-refractivity contribution in [3.05, 3.63) is 0 Å². The van der Waals surface area contributed by atoms with E-state index in [-0.39, 0.29) is 11.5 Å². The second kappa shape index (κ2) is 4.98. The second-order valence-electron chi connectivity index (χ2n) is 10.7. The molecule has 3 nitrogen and oxygen atoms in total. The van der Waals surface area contributed by atoms with E-state index in [1.54, 1.807) is 4.90 Å². The monoisotopic (exact) mass is 334 g/mol. The van der Waals surface area contributed by atoms with Crippen molar-refractivity contribution in [1.29, 1.82) is 0 Å². The summed E-state index contributed by atoms with van der Waals surface area (Å²) in [6.07, 6.45) is 9.46. The molecule has 136 valence electrons. The maximum Gasteiger partial charge on any atom is 0.101 e. The van der Waals surface area contributed by atoms with Gasteiger partial charge in [0, 0.05) is 16.2 Å². The molecule has 3 N–H and O–H groups in total. The molecule has 1 spiro atoms. The van der Waals surface area contributed by atoms with Crippen molar-refractivity contribution >= 4 is 0 Å². The van der Waals surface area contributed by atoms with Crippen LogP contribution < -0.4 is 4.90 Å². The lowest BCUT2D eigenvalue weighted by Gasteiger charge is -2.67. The summed E-state index contributed by atoms with van der Waals surface area (Å²) in [7, 11) is 0. The van der Waals surface area contributed by atoms with Gasteiger partial charge < -0.3 is 15.1 Å². The predicted molar refractivity (Wildman–Crippen MR) is 93.6 cm³/mol. The molecule has 4 saturated carbocycles. The van der Waals surface area contributed by atoms with Crippen molar-refractivity contribution in [2.45, 2.75) is 64.9 Å². The van der Waals surface area contributed by atoms with Gasteiger partial charge in [0.15, 0.2) is 0 Å². The summed E-state index contributed by atoms with van der Waals surface area (Å²) in [6, 6.07) is 0. The van der Waals surface area contributed by atoms with Crippen LogP contribution >= 0.6 is 0 Å². The van der Waals surface area contributed by atoms with Crippen molar-refractivity contribution in [3.8, 4) is 0 Å². The number of piperidine rings is 1. The lowest BCUT2D eigenvalue weighted by Crippen LogP contribution is -3.17. The van der Waals surface area contributed by atoms with Crippen LogP contribution in [0.2, 0.25) is 0 Å². The Morgan fingerprint density at radius 3 is 2.67 bits per heavy atom. The molecular formula is C21H36NO2+. The Morgan fingerprint density at radius 1 is 1.08 bits per heavy atom. The van der Waals surface area contributed by atoms with Crippen LogP contribution in [0.1, 0.15) is 58.8 Å². The van der Waals surface area contributed by atoms with Gasteiger partial charge in [-0.2, -0.15) is 0 Å². The molecule has 0 aromatic heterocycles. The predicted octanol–water partition coefficient (Wildman–Crippen LogP) is 1.49. The fourth-order valence-electron chi connectivity index (χ4n) is 9.30. The molecule has 0 aromatic rings. The third kappa shape index (κ3) is 1.75. The van der Waals surface area contributed by atoms with Crippen LogP contribution in [0.15, 0.2) is 0 Å². The number of nitrogens with one attached hydrogen (secondary N) is 1. The lowest BCUT2D eigenvalue weighted by molar-refractivity contribution is -0.926. The van der Waals surface area contributed by atoms with E-state index in [2.05, 4.69) is 13.8 Å². The molecule has 4 aliphatic carbocycles. The van der Waals surface area contributed by atoms with E-state index in [0.717, 1.165) is 24.3 Å². The zero-order valence-electron chi connectivity index (χ0n) is 15.6. The van der Waals surface area contributed by atoms with E-state index in [9.17, 15) is 10.2 Å². The largest absolute Gasteiger partial charge is 0.392 e. The van der Waals surface area contributed by atoms with Gasteiger partial charge in [0.25, 0.3) is 0 Å². The summed E-state index contributed by atoms with van der Waals surface area (Å²) in [6.45, 7) is 8.65. The molecule has 9 unspecified atom stereocenters. The minimum absolute atomic E-state index is 0.0482. The maximum absolute atomic E-state index is 11.1. The Kier molecular flexibility index (Phi) is 3.34. The standard InChI is InChI=1S/C21H35NO2/c1-14-15-10-17-20(11-15,18(14)24)7-4-16-19(2)5-3-6-21(16,17)13-22(12-19)8-9-23/h14-18,23-24H,3-13H2,1-2H3/p+1. The molecule has 0 radical (unpaired) electrons. The van der Waals surface area contributed by atoms with Gasteiger partial charge in [-0.3, -0.25) is 0 Å². The van der Waals surface area contributed by atoms with Gasteiger partial charge in [0.1, 0.15) is 6.54 Å². The Balaban J connectivity index is 1.57. The highest BCUT2D eigenvalue weighted by atomic mass is 16.3. The SMILES string of the molecule is CC1C2CC3C(CCC4C5(C)CCCC43C[NH+](CCO)C5)(C2)C1O. The maximum atomic E-state index is 11.1. The summed E-state index contributed by atoms with van der Waals surface area (Å²) in [4.78, 5) is 1.65. The van der Waals surface area contributed by atoms with E-state index in [0.29, 0.717) is 23.4 Å². The number of aliphatic hydroxyl groups excluding tert-OH is 2. The molecule has 5 aliphatic rings. The van der Waals surface area contributed by atoms with Gasteiger partial charge in [0.2, 0.25) is 0 Å². The van der Waals surface area contributed by atoms with Crippen molar-refractivity contribution in [2.75, 3.05) is 26.2 Å². The average Bonchev–Trinajstić information content (AvgIpc) is 3.03. The summed E-state index contributed by atoms with van der Waals surface area (Å²) in [5.41, 5.74) is 1.19. The Morgan fingerprint density at radius 2 is 1.92 bits per heavy atom. The summed E-state index contributed by atoms with van der Waals surface area (Å²) < 4.78 is 0. The molecular weight excluding hydrogens is 298 g/mol. The molecule has 5 fully saturated rings. The highest BCUT2D eigenvalue weighted by Gasteiger charge is 2.73. The number of hydrogen-bond donors (Lipinski definition) is 3. The fraction of sp³-hybridized carbons (Fsp3) is 1.00. The number of rotatable bonds is 2. The molecule has 1 aliphatic heterocycles. The average molecular weight is 335 g/mol. The lowest BCUT2D eigenvalue weighted by atomic mass is 9.40. The van der Waals surface area contributed by atoms with Crippen LogP contribution in [0.5, 0.6) is 0 Å². The minimum atomic E-state index is -0.0482. The molecule has 5 rings (SSSR count). The first-order valence-corrected chi connectivity index (χ1v) is 10.6. The molecule has 3 heteroatoms. The van der Waals surface area contributed by atoms with Crippen molar-refractivity contribution < 1.29 is 15.1 Å². The third-order valence-electron chi connectivity index (χ3n) is 9.92. The van der Waals surface area contributed by atoms with E-state index in [1.165, 1.54) is 58.0 Å². The van der Waals surface area contributed by atoms with E-state index < -0.39 is 0 Å². The molecule has 0 amide bonds. The van der Waals surface area contributed by atoms with Crippen molar-refractivity contribution in [1.82, 2.24) is 0 Å². The van der Waals surface area contributed by atoms with E-state index in [1.807, 2.05) is 0 Å². The van der Waals surface area contributed by atoms with Gasteiger partial charge in [-0.1, -0.05) is 20.3 Å². The summed E-state index contributed by atoms with van der Waals surface area (Å²) in [5, 5.41) is 20.7. The van der Waals surface area contributed by atoms with Crippen molar-refractivity contribution in [3.63, 3.8) is 0 Å².